The van der Waals surface area contributed by atoms with E-state index in [1.54, 1.807) is 12.1 Å². The summed E-state index contributed by atoms with van der Waals surface area (Å²) in [6.07, 6.45) is 19.1. The second-order valence-electron chi connectivity index (χ2n) is 13.4. The minimum atomic E-state index is -4.06. The van der Waals surface area contributed by atoms with Crippen molar-refractivity contribution in [1.29, 1.82) is 0 Å². The van der Waals surface area contributed by atoms with E-state index in [0.717, 1.165) is 42.9 Å². The number of rotatable bonds is 25. The lowest BCUT2D eigenvalue weighted by Crippen LogP contribution is -2.33. The van der Waals surface area contributed by atoms with Crippen LogP contribution in [0.4, 0.5) is 0 Å². The number of allylic oxidation sites excluding steroid dienone is 2. The predicted octanol–water partition coefficient (Wildman–Crippen LogP) is 7.29. The minimum absolute atomic E-state index is 0.0601. The van der Waals surface area contributed by atoms with Crippen LogP contribution in [0.25, 0.3) is 10.8 Å². The normalized spacial score (nSPS) is 18.5. The number of carbonyl (C=O) groups excluding carboxylic acids is 1. The van der Waals surface area contributed by atoms with Crippen LogP contribution in [0.3, 0.4) is 0 Å². The van der Waals surface area contributed by atoms with Gasteiger partial charge in [-0.25, -0.2) is 14.4 Å². The fraction of sp³-hybridized carbons (Fsp3) is 0.564. The molecule has 13 heteroatoms. The molecule has 1 aromatic heterocycles. The monoisotopic (exact) mass is 740 g/mol. The fourth-order valence-corrected chi connectivity index (χ4v) is 7.57. The Morgan fingerprint density at radius 2 is 1.63 bits per heavy atom. The van der Waals surface area contributed by atoms with Gasteiger partial charge in [0.25, 0.3) is 5.56 Å². The average molecular weight is 741 g/mol. The van der Waals surface area contributed by atoms with E-state index in [4.69, 9.17) is 13.8 Å². The smallest absolute Gasteiger partial charge is 0.413 e. The number of aliphatic hydroxyl groups is 1. The van der Waals surface area contributed by atoms with E-state index in [1.165, 1.54) is 68.2 Å². The van der Waals surface area contributed by atoms with Gasteiger partial charge in [-0.2, -0.15) is 0 Å². The molecule has 1 saturated heterocycles. The van der Waals surface area contributed by atoms with Crippen molar-refractivity contribution in [3.05, 3.63) is 87.7 Å². The number of hydrogen-bond donors (Lipinski definition) is 4. The topological polar surface area (TPSA) is 161 Å². The van der Waals surface area contributed by atoms with E-state index in [9.17, 15) is 24.1 Å². The summed E-state index contributed by atoms with van der Waals surface area (Å²) in [4.78, 5) is 38.4. The Balaban J connectivity index is 1.18. The number of H-pyrrole nitrogens is 1. The van der Waals surface area contributed by atoms with Crippen LogP contribution in [-0.2, 0) is 18.6 Å². The maximum atomic E-state index is 14.1. The second kappa shape index (κ2) is 22.5. The molecule has 1 unspecified atom stereocenters. The molecule has 1 fully saturated rings. The van der Waals surface area contributed by atoms with E-state index in [2.05, 4.69) is 34.5 Å². The van der Waals surface area contributed by atoms with Crippen LogP contribution in [0.5, 0.6) is 5.75 Å². The molecule has 286 valence electrons. The number of benzene rings is 2. The van der Waals surface area contributed by atoms with Crippen LogP contribution in [0.2, 0.25) is 0 Å². The lowest BCUT2D eigenvalue weighted by atomic mass is 10.1. The van der Waals surface area contributed by atoms with Crippen LogP contribution < -0.4 is 26.2 Å². The quantitative estimate of drug-likeness (QED) is 0.0397. The molecule has 4 atom stereocenters. The van der Waals surface area contributed by atoms with Crippen molar-refractivity contribution >= 4 is 24.4 Å². The summed E-state index contributed by atoms with van der Waals surface area (Å²) >= 11 is 0. The summed E-state index contributed by atoms with van der Waals surface area (Å²) in [6, 6.07) is 14.1. The Labute approximate surface area is 306 Å². The first kappa shape index (κ1) is 41.2. The Kier molecular flexibility index (Phi) is 17.8. The highest BCUT2D eigenvalue weighted by atomic mass is 31.2. The Bertz CT molecular complexity index is 1700. The van der Waals surface area contributed by atoms with Gasteiger partial charge in [0.2, 0.25) is 5.91 Å². The van der Waals surface area contributed by atoms with Crippen LogP contribution in [-0.4, -0.2) is 52.5 Å². The number of nitrogens with zero attached hydrogens (tertiary/aromatic N) is 1. The number of aliphatic hydroxyl groups excluding tert-OH is 1. The number of carbonyl (C=O) groups is 1. The first-order valence-corrected chi connectivity index (χ1v) is 20.6. The van der Waals surface area contributed by atoms with Crippen molar-refractivity contribution in [3.8, 4) is 5.75 Å². The fourth-order valence-electron chi connectivity index (χ4n) is 6.21. The molecule has 1 aliphatic heterocycles. The average Bonchev–Trinajstić information content (AvgIpc) is 3.50. The van der Waals surface area contributed by atoms with Gasteiger partial charge < -0.3 is 19.7 Å². The molecule has 0 bridgehead atoms. The Hall–Kier alpha value is -3.54. The molecule has 2 heterocycles. The predicted molar refractivity (Wildman–Crippen MR) is 204 cm³/mol. The van der Waals surface area contributed by atoms with Crippen LogP contribution in [0, 0.1) is 0 Å². The highest BCUT2D eigenvalue weighted by Crippen LogP contribution is 2.46. The molecular weight excluding hydrogens is 683 g/mol. The van der Waals surface area contributed by atoms with Crippen LogP contribution in [0.15, 0.2) is 76.5 Å². The molecule has 1 aliphatic rings. The molecule has 4 rings (SSSR count). The van der Waals surface area contributed by atoms with Crippen molar-refractivity contribution in [2.24, 2.45) is 0 Å². The van der Waals surface area contributed by atoms with Crippen molar-refractivity contribution < 1.29 is 28.3 Å². The van der Waals surface area contributed by atoms with Crippen molar-refractivity contribution in [3.63, 3.8) is 0 Å². The van der Waals surface area contributed by atoms with Crippen LogP contribution in [0.1, 0.15) is 109 Å². The molecule has 0 saturated carbocycles. The second-order valence-corrected chi connectivity index (χ2v) is 15.2. The van der Waals surface area contributed by atoms with Gasteiger partial charge in [0.1, 0.15) is 18.1 Å². The first-order chi connectivity index (χ1) is 25.3. The molecule has 0 spiro atoms. The standard InChI is InChI=1S/C39H57N4O8P/c1-2-3-4-5-6-7-8-9-10-11-12-13-14-15-16-24-36(45)40-26-27-41-52(48,51-34-23-19-21-31-20-17-18-22-32(31)34)49-30-35-33(44)29-38(50-35)43-28-25-37(46)42-39(43)47/h9-10,17-23,25,28,33,35,38,44H,2-8,11-16,24,26-27,29-30H2,1H3,(H,40,45)(H,41,48)(H,42,46,47)/b10-9-/t33-,35+,38+,52?/m0/s1. The minimum Gasteiger partial charge on any atom is -0.413 e. The molecular formula is C39H57N4O8P. The summed E-state index contributed by atoms with van der Waals surface area (Å²) in [5.41, 5.74) is -1.21. The maximum absolute atomic E-state index is 14.1. The third kappa shape index (κ3) is 14.1. The highest BCUT2D eigenvalue weighted by Gasteiger charge is 2.38. The zero-order chi connectivity index (χ0) is 37.0. The number of amides is 1. The van der Waals surface area contributed by atoms with E-state index in [1.807, 2.05) is 30.3 Å². The molecule has 12 nitrogen and oxygen atoms in total. The Morgan fingerprint density at radius 1 is 0.942 bits per heavy atom. The first-order valence-electron chi connectivity index (χ1n) is 19.0. The van der Waals surface area contributed by atoms with Gasteiger partial charge in [0.15, 0.2) is 0 Å². The number of hydrogen-bond acceptors (Lipinski definition) is 8. The van der Waals surface area contributed by atoms with E-state index in [0.29, 0.717) is 12.2 Å². The van der Waals surface area contributed by atoms with Crippen molar-refractivity contribution in [2.75, 3.05) is 19.7 Å². The maximum Gasteiger partial charge on any atom is 0.458 e. The zero-order valence-electron chi connectivity index (χ0n) is 30.5. The van der Waals surface area contributed by atoms with Crippen molar-refractivity contribution in [2.45, 2.75) is 122 Å². The summed E-state index contributed by atoms with van der Waals surface area (Å²) < 4.78 is 32.9. The van der Waals surface area contributed by atoms with Crippen molar-refractivity contribution in [1.82, 2.24) is 20.0 Å². The lowest BCUT2D eigenvalue weighted by Gasteiger charge is -2.23. The van der Waals surface area contributed by atoms with E-state index < -0.39 is 37.4 Å². The number of aromatic amines is 1. The third-order valence-electron chi connectivity index (χ3n) is 9.16. The lowest BCUT2D eigenvalue weighted by molar-refractivity contribution is -0.121. The molecule has 2 aromatic carbocycles. The highest BCUT2D eigenvalue weighted by molar-refractivity contribution is 7.52. The molecule has 3 aromatic rings. The number of aromatic nitrogens is 2. The molecule has 0 aliphatic carbocycles. The molecule has 1 amide bonds. The summed E-state index contributed by atoms with van der Waals surface area (Å²) in [6.45, 7) is 2.24. The summed E-state index contributed by atoms with van der Waals surface area (Å²) in [7, 11) is -4.06. The van der Waals surface area contributed by atoms with Gasteiger partial charge in [-0.05, 0) is 43.6 Å². The molecule has 0 radical (unpaired) electrons. The molecule has 4 N–H and O–H groups in total. The largest absolute Gasteiger partial charge is 0.458 e. The number of fused-ring (bicyclic) bond motifs is 1. The van der Waals surface area contributed by atoms with Gasteiger partial charge in [-0.1, -0.05) is 107 Å². The van der Waals surface area contributed by atoms with E-state index >= 15 is 0 Å². The van der Waals surface area contributed by atoms with Gasteiger partial charge in [-0.15, -0.1) is 0 Å². The number of nitrogens with one attached hydrogen (secondary N) is 3. The molecule has 52 heavy (non-hydrogen) atoms. The SMILES string of the molecule is CCCCCCCC/C=C\CCCCCCCC(=O)NCCNP(=O)(OC[C@H]1O[C@@H](n2ccc(=O)[nH]c2=O)C[C@@H]1O)Oc1cccc2ccccc12. The summed E-state index contributed by atoms with van der Waals surface area (Å²) in [5, 5.41) is 18.0. The van der Waals surface area contributed by atoms with Gasteiger partial charge in [-0.3, -0.25) is 23.7 Å². The van der Waals surface area contributed by atoms with Gasteiger partial charge in [0, 0.05) is 43.6 Å². The van der Waals surface area contributed by atoms with E-state index in [-0.39, 0.29) is 32.0 Å². The van der Waals surface area contributed by atoms with Crippen LogP contribution >= 0.6 is 7.75 Å². The summed E-state index contributed by atoms with van der Waals surface area (Å²) in [5.74, 6) is 0.267. The number of ether oxygens (including phenoxy) is 1. The van der Waals surface area contributed by atoms with Gasteiger partial charge >= 0.3 is 13.4 Å². The van der Waals surface area contributed by atoms with Gasteiger partial charge in [0.05, 0.1) is 12.7 Å². The third-order valence-corrected chi connectivity index (χ3v) is 10.7. The zero-order valence-corrected chi connectivity index (χ0v) is 31.4. The number of unbranched alkanes of at least 4 members (excludes halogenated alkanes) is 11. The Morgan fingerprint density at radius 3 is 2.38 bits per heavy atom.